The first-order valence-corrected chi connectivity index (χ1v) is 10.9. The average Bonchev–Trinajstić information content (AvgIpc) is 2.82. The van der Waals surface area contributed by atoms with Gasteiger partial charge in [0.15, 0.2) is 0 Å². The fourth-order valence-corrected chi connectivity index (χ4v) is 4.34. The summed E-state index contributed by atoms with van der Waals surface area (Å²) in [5, 5.41) is 10.1. The summed E-state index contributed by atoms with van der Waals surface area (Å²) in [5.74, 6) is 1.26. The fraction of sp³-hybridized carbons (Fsp3) is 0.231. The van der Waals surface area contributed by atoms with E-state index in [9.17, 15) is 5.11 Å². The number of rotatable bonds is 3. The number of nitrogens with zero attached hydrogens (tertiary/aromatic N) is 4. The Bertz CT molecular complexity index is 1250. The van der Waals surface area contributed by atoms with Crippen molar-refractivity contribution in [2.24, 2.45) is 0 Å². The molecule has 3 aromatic carbocycles. The van der Waals surface area contributed by atoms with Gasteiger partial charge >= 0.3 is 0 Å². The van der Waals surface area contributed by atoms with Crippen LogP contribution in [-0.4, -0.2) is 41.3 Å². The van der Waals surface area contributed by atoms with Crippen molar-refractivity contribution in [2.75, 3.05) is 41.7 Å². The maximum absolute atomic E-state index is 10.1. The topological polar surface area (TPSA) is 78.5 Å². The van der Waals surface area contributed by atoms with Crippen molar-refractivity contribution in [1.82, 2.24) is 9.97 Å². The number of hydrogen-bond acceptors (Lipinski definition) is 6. The molecular weight excluding hydrogens is 398 g/mol. The summed E-state index contributed by atoms with van der Waals surface area (Å²) < 4.78 is 0. The molecule has 6 nitrogen and oxygen atoms in total. The molecule has 3 N–H and O–H groups in total. The molecule has 6 heteroatoms. The Morgan fingerprint density at radius 1 is 0.781 bits per heavy atom. The van der Waals surface area contributed by atoms with Gasteiger partial charge in [0.2, 0.25) is 0 Å². The number of nitrogens with two attached hydrogens (primary N) is 1. The molecule has 4 aromatic rings. The third-order valence-corrected chi connectivity index (χ3v) is 6.22. The Morgan fingerprint density at radius 2 is 1.44 bits per heavy atom. The van der Waals surface area contributed by atoms with Crippen LogP contribution >= 0.6 is 0 Å². The van der Waals surface area contributed by atoms with Crippen LogP contribution < -0.4 is 15.5 Å². The van der Waals surface area contributed by atoms with E-state index in [0.29, 0.717) is 5.75 Å². The van der Waals surface area contributed by atoms with Gasteiger partial charge in [-0.3, -0.25) is 4.98 Å². The first-order valence-electron chi connectivity index (χ1n) is 10.9. The van der Waals surface area contributed by atoms with E-state index in [1.807, 2.05) is 50.4 Å². The highest BCUT2D eigenvalue weighted by atomic mass is 16.3. The van der Waals surface area contributed by atoms with Crippen molar-refractivity contribution < 1.29 is 5.11 Å². The number of hydrogen-bond donors (Lipinski definition) is 2. The minimum absolute atomic E-state index is 0.356. The van der Waals surface area contributed by atoms with E-state index in [-0.39, 0.29) is 0 Å². The van der Waals surface area contributed by atoms with Crippen LogP contribution in [0, 0.1) is 13.8 Å². The Balaban J connectivity index is 1.38. The normalized spacial score (nSPS) is 14.2. The van der Waals surface area contributed by atoms with Crippen molar-refractivity contribution in [3.63, 3.8) is 0 Å². The summed E-state index contributed by atoms with van der Waals surface area (Å²) in [4.78, 5) is 14.3. The van der Waals surface area contributed by atoms with Gasteiger partial charge in [-0.15, -0.1) is 0 Å². The SMILES string of the molecule is Cc1cc(-c2ccc3ncc(N4CCN(c5ccc(N)cc5)CC4)nc3c2)cc(C)c1O. The smallest absolute Gasteiger partial charge is 0.147 e. The van der Waals surface area contributed by atoms with Gasteiger partial charge < -0.3 is 20.6 Å². The lowest BCUT2D eigenvalue weighted by Crippen LogP contribution is -2.46. The van der Waals surface area contributed by atoms with Crippen LogP contribution in [0.2, 0.25) is 0 Å². The molecular formula is C26H27N5O. The molecule has 162 valence electrons. The first-order chi connectivity index (χ1) is 15.5. The predicted octanol–water partition coefficient (Wildman–Crippen LogP) is 4.53. The molecule has 0 amide bonds. The largest absolute Gasteiger partial charge is 0.507 e. The van der Waals surface area contributed by atoms with Crippen molar-refractivity contribution in [3.05, 3.63) is 71.9 Å². The van der Waals surface area contributed by atoms with Gasteiger partial charge in [0.1, 0.15) is 11.6 Å². The number of piperazine rings is 1. The van der Waals surface area contributed by atoms with Crippen molar-refractivity contribution in [3.8, 4) is 16.9 Å². The maximum Gasteiger partial charge on any atom is 0.147 e. The van der Waals surface area contributed by atoms with Gasteiger partial charge in [-0.1, -0.05) is 6.07 Å². The average molecular weight is 426 g/mol. The summed E-state index contributed by atoms with van der Waals surface area (Å²) in [6.45, 7) is 7.48. The van der Waals surface area contributed by atoms with Crippen molar-refractivity contribution in [2.45, 2.75) is 13.8 Å². The van der Waals surface area contributed by atoms with Crippen LogP contribution in [0.3, 0.4) is 0 Å². The highest BCUT2D eigenvalue weighted by Gasteiger charge is 2.19. The van der Waals surface area contributed by atoms with E-state index >= 15 is 0 Å². The second kappa shape index (κ2) is 8.04. The zero-order valence-corrected chi connectivity index (χ0v) is 18.4. The molecule has 0 saturated carbocycles. The number of aromatic hydroxyl groups is 1. The molecule has 0 bridgehead atoms. The minimum atomic E-state index is 0.356. The van der Waals surface area contributed by atoms with Gasteiger partial charge in [-0.05, 0) is 84.6 Å². The first kappa shape index (κ1) is 20.1. The molecule has 0 radical (unpaired) electrons. The van der Waals surface area contributed by atoms with Crippen molar-refractivity contribution >= 4 is 28.2 Å². The lowest BCUT2D eigenvalue weighted by molar-refractivity contribution is 0.467. The highest BCUT2D eigenvalue weighted by molar-refractivity contribution is 5.83. The van der Waals surface area contributed by atoms with E-state index in [1.54, 1.807) is 0 Å². The molecule has 0 aliphatic carbocycles. The number of nitrogen functional groups attached to an aromatic ring is 1. The molecule has 2 heterocycles. The number of benzene rings is 3. The van der Waals surface area contributed by atoms with E-state index < -0.39 is 0 Å². The lowest BCUT2D eigenvalue weighted by atomic mass is 9.99. The number of aromatic nitrogens is 2. The second-order valence-corrected chi connectivity index (χ2v) is 8.46. The number of aryl methyl sites for hydroxylation is 2. The molecule has 1 aliphatic rings. The van der Waals surface area contributed by atoms with Crippen LogP contribution in [0.1, 0.15) is 11.1 Å². The summed E-state index contributed by atoms with van der Waals surface area (Å²) in [7, 11) is 0. The van der Waals surface area contributed by atoms with Gasteiger partial charge in [0.05, 0.1) is 17.2 Å². The van der Waals surface area contributed by atoms with Crippen LogP contribution in [0.5, 0.6) is 5.75 Å². The number of anilines is 3. The quantitative estimate of drug-likeness (QED) is 0.470. The molecule has 1 saturated heterocycles. The van der Waals surface area contributed by atoms with Crippen LogP contribution in [-0.2, 0) is 0 Å². The number of phenols is 1. The van der Waals surface area contributed by atoms with Gasteiger partial charge in [-0.2, -0.15) is 0 Å². The third kappa shape index (κ3) is 3.80. The molecule has 1 fully saturated rings. The number of phenolic OH excluding ortho intramolecular Hbond substituents is 1. The minimum Gasteiger partial charge on any atom is -0.507 e. The van der Waals surface area contributed by atoms with E-state index in [1.165, 1.54) is 5.69 Å². The zero-order chi connectivity index (χ0) is 22.2. The Kier molecular flexibility index (Phi) is 5.05. The van der Waals surface area contributed by atoms with E-state index in [0.717, 1.165) is 71.0 Å². The van der Waals surface area contributed by atoms with E-state index in [2.05, 4.69) is 39.0 Å². The summed E-state index contributed by atoms with van der Waals surface area (Å²) in [6.07, 6.45) is 1.87. The second-order valence-electron chi connectivity index (χ2n) is 8.46. The molecule has 0 spiro atoms. The Labute approximate surface area is 188 Å². The van der Waals surface area contributed by atoms with Gasteiger partial charge in [0.25, 0.3) is 0 Å². The summed E-state index contributed by atoms with van der Waals surface area (Å²) >= 11 is 0. The molecule has 1 aromatic heterocycles. The molecule has 32 heavy (non-hydrogen) atoms. The zero-order valence-electron chi connectivity index (χ0n) is 18.4. The van der Waals surface area contributed by atoms with Crippen LogP contribution in [0.25, 0.3) is 22.2 Å². The summed E-state index contributed by atoms with van der Waals surface area (Å²) in [6, 6.07) is 18.2. The predicted molar refractivity (Wildman–Crippen MR) is 131 cm³/mol. The monoisotopic (exact) mass is 425 g/mol. The lowest BCUT2D eigenvalue weighted by Gasteiger charge is -2.36. The van der Waals surface area contributed by atoms with E-state index in [4.69, 9.17) is 10.7 Å². The molecule has 0 unspecified atom stereocenters. The Morgan fingerprint density at radius 3 is 2.12 bits per heavy atom. The number of fused-ring (bicyclic) bond motifs is 1. The highest BCUT2D eigenvalue weighted by Crippen LogP contribution is 2.31. The Hall–Kier alpha value is -3.80. The van der Waals surface area contributed by atoms with Crippen LogP contribution in [0.4, 0.5) is 17.2 Å². The molecule has 5 rings (SSSR count). The van der Waals surface area contributed by atoms with Gasteiger partial charge in [0, 0.05) is 37.6 Å². The van der Waals surface area contributed by atoms with Gasteiger partial charge in [-0.25, -0.2) is 4.98 Å². The summed E-state index contributed by atoms with van der Waals surface area (Å²) in [5.41, 5.74) is 13.5. The van der Waals surface area contributed by atoms with Crippen molar-refractivity contribution in [1.29, 1.82) is 0 Å². The fourth-order valence-electron chi connectivity index (χ4n) is 4.34. The third-order valence-electron chi connectivity index (χ3n) is 6.22. The molecule has 0 atom stereocenters. The molecule has 1 aliphatic heterocycles. The standard InChI is InChI=1S/C26H27N5O/c1-17-13-20(14-18(2)26(17)32)19-3-8-23-24(15-19)29-25(16-28-23)31-11-9-30(10-12-31)22-6-4-21(27)5-7-22/h3-8,13-16,32H,9-12,27H2,1-2H3. The van der Waals surface area contributed by atoms with Crippen LogP contribution in [0.15, 0.2) is 60.8 Å². The maximum atomic E-state index is 10.1.